The van der Waals surface area contributed by atoms with E-state index in [9.17, 15) is 9.59 Å². The summed E-state index contributed by atoms with van der Waals surface area (Å²) < 4.78 is 0.692. The Bertz CT molecular complexity index is 367. The molecule has 1 aromatic heterocycles. The van der Waals surface area contributed by atoms with Crippen LogP contribution in [0, 0.1) is 0 Å². The molecule has 0 amide bonds. The third kappa shape index (κ3) is 2.78. The maximum Gasteiger partial charge on any atom is 0.328 e. The number of rotatable bonds is 3. The van der Waals surface area contributed by atoms with Gasteiger partial charge in [-0.1, -0.05) is 0 Å². The lowest BCUT2D eigenvalue weighted by Gasteiger charge is -1.89. The molecule has 0 aromatic carbocycles. The second-order valence-corrected chi connectivity index (χ2v) is 3.90. The molecule has 68 valence electrons. The number of aliphatic carboxylic acids is 1. The fourth-order valence-corrected chi connectivity index (χ4v) is 2.18. The molecule has 0 spiro atoms. The van der Waals surface area contributed by atoms with Crippen LogP contribution in [0.3, 0.4) is 0 Å². The molecule has 0 aliphatic carbocycles. The van der Waals surface area contributed by atoms with Crippen LogP contribution < -0.4 is 0 Å². The summed E-state index contributed by atoms with van der Waals surface area (Å²) in [5.41, 5.74) is 0. The van der Waals surface area contributed by atoms with Crippen LogP contribution in [0.25, 0.3) is 0 Å². The minimum Gasteiger partial charge on any atom is -0.478 e. The number of ketones is 1. The van der Waals surface area contributed by atoms with E-state index in [2.05, 4.69) is 15.9 Å². The maximum absolute atomic E-state index is 11.3. The van der Waals surface area contributed by atoms with E-state index >= 15 is 0 Å². The monoisotopic (exact) mass is 260 g/mol. The topological polar surface area (TPSA) is 54.4 Å². The van der Waals surface area contributed by atoms with Gasteiger partial charge in [0.05, 0.1) is 4.88 Å². The lowest BCUT2D eigenvalue weighted by atomic mass is 10.3. The van der Waals surface area contributed by atoms with Gasteiger partial charge < -0.3 is 5.11 Å². The van der Waals surface area contributed by atoms with Crippen molar-refractivity contribution in [2.75, 3.05) is 0 Å². The third-order valence-electron chi connectivity index (χ3n) is 1.22. The van der Waals surface area contributed by atoms with Crippen molar-refractivity contribution in [3.63, 3.8) is 0 Å². The standard InChI is InChI=1S/C8H5BrO3S/c9-5-3-4-13-8(5)6(10)1-2-7(11)12/h1-4H,(H,11,12)/b2-1+. The number of thiophene rings is 1. The Morgan fingerprint density at radius 3 is 2.62 bits per heavy atom. The van der Waals surface area contributed by atoms with Gasteiger partial charge in [-0.15, -0.1) is 11.3 Å². The second-order valence-electron chi connectivity index (χ2n) is 2.13. The Morgan fingerprint density at radius 1 is 1.46 bits per heavy atom. The minimum atomic E-state index is -1.12. The number of carbonyl (C=O) groups is 2. The van der Waals surface area contributed by atoms with E-state index < -0.39 is 5.97 Å². The van der Waals surface area contributed by atoms with Gasteiger partial charge in [-0.05, 0) is 33.5 Å². The Kier molecular flexibility index (Phi) is 3.39. The van der Waals surface area contributed by atoms with Crippen molar-refractivity contribution in [1.29, 1.82) is 0 Å². The molecule has 0 fully saturated rings. The predicted molar refractivity (Wildman–Crippen MR) is 53.1 cm³/mol. The first-order valence-electron chi connectivity index (χ1n) is 3.29. The number of allylic oxidation sites excluding steroid dienone is 1. The number of carboxylic acids is 1. The van der Waals surface area contributed by atoms with Crippen LogP contribution in [0.1, 0.15) is 9.67 Å². The van der Waals surface area contributed by atoms with Crippen LogP contribution in [-0.4, -0.2) is 16.9 Å². The molecular formula is C8H5BrO3S. The van der Waals surface area contributed by atoms with Gasteiger partial charge in [-0.3, -0.25) is 4.79 Å². The number of hydrogen-bond donors (Lipinski definition) is 1. The first-order chi connectivity index (χ1) is 6.11. The molecule has 0 aliphatic rings. The zero-order chi connectivity index (χ0) is 9.84. The predicted octanol–water partition coefficient (Wildman–Crippen LogP) is 2.33. The van der Waals surface area contributed by atoms with Gasteiger partial charge in [0.25, 0.3) is 0 Å². The molecule has 3 nitrogen and oxygen atoms in total. The molecule has 1 N–H and O–H groups in total. The normalized spacial score (nSPS) is 10.5. The summed E-state index contributed by atoms with van der Waals surface area (Å²) >= 11 is 4.45. The first kappa shape index (κ1) is 10.1. The lowest BCUT2D eigenvalue weighted by molar-refractivity contribution is -0.131. The molecule has 1 rings (SSSR count). The molecule has 0 atom stereocenters. The lowest BCUT2D eigenvalue weighted by Crippen LogP contribution is -1.94. The summed E-state index contributed by atoms with van der Waals surface area (Å²) in [6, 6.07) is 1.74. The molecule has 0 bridgehead atoms. The number of halogens is 1. The minimum absolute atomic E-state index is 0.302. The van der Waals surface area contributed by atoms with Gasteiger partial charge >= 0.3 is 5.97 Å². The van der Waals surface area contributed by atoms with Crippen molar-refractivity contribution in [2.24, 2.45) is 0 Å². The molecule has 0 radical (unpaired) electrons. The van der Waals surface area contributed by atoms with Crippen molar-refractivity contribution in [3.8, 4) is 0 Å². The summed E-state index contributed by atoms with van der Waals surface area (Å²) in [7, 11) is 0. The summed E-state index contributed by atoms with van der Waals surface area (Å²) in [5, 5.41) is 10.0. The van der Waals surface area contributed by atoms with Crippen molar-refractivity contribution in [1.82, 2.24) is 0 Å². The highest BCUT2D eigenvalue weighted by Gasteiger charge is 2.08. The van der Waals surface area contributed by atoms with Gasteiger partial charge in [0, 0.05) is 10.5 Å². The fraction of sp³-hybridized carbons (Fsp3) is 0. The van der Waals surface area contributed by atoms with Gasteiger partial charge in [0.2, 0.25) is 0 Å². The summed E-state index contributed by atoms with van der Waals surface area (Å²) in [6.45, 7) is 0. The molecule has 0 unspecified atom stereocenters. The van der Waals surface area contributed by atoms with E-state index in [1.807, 2.05) is 0 Å². The van der Waals surface area contributed by atoms with Crippen LogP contribution in [0.2, 0.25) is 0 Å². The van der Waals surface area contributed by atoms with Gasteiger partial charge in [0.15, 0.2) is 5.78 Å². The van der Waals surface area contributed by atoms with E-state index in [1.165, 1.54) is 11.3 Å². The summed E-state index contributed by atoms with van der Waals surface area (Å²) in [5.74, 6) is -1.43. The zero-order valence-corrected chi connectivity index (χ0v) is 8.76. The van der Waals surface area contributed by atoms with Crippen molar-refractivity contribution in [3.05, 3.63) is 32.9 Å². The SMILES string of the molecule is O=C(O)/C=C/C(=O)c1sccc1Br. The average molecular weight is 261 g/mol. The highest BCUT2D eigenvalue weighted by Crippen LogP contribution is 2.23. The van der Waals surface area contributed by atoms with E-state index in [0.717, 1.165) is 12.2 Å². The van der Waals surface area contributed by atoms with Gasteiger partial charge in [-0.2, -0.15) is 0 Å². The smallest absolute Gasteiger partial charge is 0.328 e. The van der Waals surface area contributed by atoms with E-state index in [1.54, 1.807) is 11.4 Å². The second kappa shape index (κ2) is 4.34. The van der Waals surface area contributed by atoms with Crippen LogP contribution >= 0.6 is 27.3 Å². The van der Waals surface area contributed by atoms with Crippen LogP contribution in [0.4, 0.5) is 0 Å². The quantitative estimate of drug-likeness (QED) is 0.671. The zero-order valence-electron chi connectivity index (χ0n) is 6.36. The Hall–Kier alpha value is -0.940. The largest absolute Gasteiger partial charge is 0.478 e. The van der Waals surface area contributed by atoms with Gasteiger partial charge in [0.1, 0.15) is 0 Å². The Balaban J connectivity index is 2.81. The molecular weight excluding hydrogens is 256 g/mol. The third-order valence-corrected chi connectivity index (χ3v) is 3.07. The molecule has 0 saturated heterocycles. The Morgan fingerprint density at radius 2 is 2.15 bits per heavy atom. The van der Waals surface area contributed by atoms with Crippen molar-refractivity contribution >= 4 is 39.0 Å². The van der Waals surface area contributed by atoms with E-state index in [0.29, 0.717) is 9.35 Å². The van der Waals surface area contributed by atoms with Crippen LogP contribution in [0.15, 0.2) is 28.1 Å². The number of carboxylic acid groups (broad SMARTS) is 1. The highest BCUT2D eigenvalue weighted by molar-refractivity contribution is 9.10. The fourth-order valence-electron chi connectivity index (χ4n) is 0.692. The number of hydrogen-bond acceptors (Lipinski definition) is 3. The molecule has 1 aromatic rings. The van der Waals surface area contributed by atoms with E-state index in [-0.39, 0.29) is 5.78 Å². The van der Waals surface area contributed by atoms with Crippen molar-refractivity contribution in [2.45, 2.75) is 0 Å². The molecule has 5 heteroatoms. The van der Waals surface area contributed by atoms with Crippen LogP contribution in [0.5, 0.6) is 0 Å². The van der Waals surface area contributed by atoms with Crippen LogP contribution in [-0.2, 0) is 4.79 Å². The average Bonchev–Trinajstić information content (AvgIpc) is 2.47. The molecule has 1 heterocycles. The number of carbonyl (C=O) groups excluding carboxylic acids is 1. The van der Waals surface area contributed by atoms with E-state index in [4.69, 9.17) is 5.11 Å². The van der Waals surface area contributed by atoms with Gasteiger partial charge in [-0.25, -0.2) is 4.79 Å². The molecule has 13 heavy (non-hydrogen) atoms. The maximum atomic E-state index is 11.3. The molecule has 0 aliphatic heterocycles. The van der Waals surface area contributed by atoms with Crippen molar-refractivity contribution < 1.29 is 14.7 Å². The summed E-state index contributed by atoms with van der Waals surface area (Å²) in [4.78, 5) is 21.9. The summed E-state index contributed by atoms with van der Waals surface area (Å²) in [6.07, 6.45) is 1.87. The first-order valence-corrected chi connectivity index (χ1v) is 4.97. The highest BCUT2D eigenvalue weighted by atomic mass is 79.9. The Labute approximate surface area is 86.8 Å². The molecule has 0 saturated carbocycles.